The fraction of sp³-hybridized carbons (Fsp3) is 0.500. The van der Waals surface area contributed by atoms with Gasteiger partial charge in [0.2, 0.25) is 5.95 Å². The molecule has 144 valence electrons. The van der Waals surface area contributed by atoms with Crippen LogP contribution in [0.1, 0.15) is 29.2 Å². The lowest BCUT2D eigenvalue weighted by Crippen LogP contribution is -2.38. The first-order valence-corrected chi connectivity index (χ1v) is 9.93. The van der Waals surface area contributed by atoms with Crippen LogP contribution in [0.3, 0.4) is 0 Å². The molecule has 2 aliphatic rings. The summed E-state index contributed by atoms with van der Waals surface area (Å²) in [6, 6.07) is 4.35. The molecule has 0 N–H and O–H groups in total. The van der Waals surface area contributed by atoms with Crippen molar-refractivity contribution in [1.29, 1.82) is 0 Å². The lowest BCUT2D eigenvalue weighted by atomic mass is 10.1. The average molecular weight is 392 g/mol. The number of halogens is 1. The third kappa shape index (κ3) is 3.93. The summed E-state index contributed by atoms with van der Waals surface area (Å²) in [6.45, 7) is 2.93. The highest BCUT2D eigenvalue weighted by Gasteiger charge is 2.32. The van der Waals surface area contributed by atoms with Crippen LogP contribution < -0.4 is 9.64 Å². The van der Waals surface area contributed by atoms with Crippen LogP contribution in [0.2, 0.25) is 0 Å². The van der Waals surface area contributed by atoms with Crippen LogP contribution in [-0.2, 0) is 4.74 Å². The zero-order valence-electron chi connectivity index (χ0n) is 15.1. The van der Waals surface area contributed by atoms with Crippen molar-refractivity contribution >= 4 is 23.5 Å². The van der Waals surface area contributed by atoms with Crippen LogP contribution >= 0.6 is 11.8 Å². The summed E-state index contributed by atoms with van der Waals surface area (Å²) in [5.74, 6) is 0.710. The number of morpholine rings is 1. The number of thioether (sulfide) groups is 1. The fourth-order valence-electron chi connectivity index (χ4n) is 3.10. The van der Waals surface area contributed by atoms with E-state index in [0.29, 0.717) is 25.0 Å². The van der Waals surface area contributed by atoms with E-state index in [1.165, 1.54) is 37.1 Å². The van der Waals surface area contributed by atoms with Gasteiger partial charge in [0.1, 0.15) is 11.6 Å². The van der Waals surface area contributed by atoms with Crippen molar-refractivity contribution in [2.45, 2.75) is 24.0 Å². The molecule has 27 heavy (non-hydrogen) atoms. The van der Waals surface area contributed by atoms with E-state index < -0.39 is 5.82 Å². The van der Waals surface area contributed by atoms with Crippen molar-refractivity contribution < 1.29 is 18.7 Å². The molecule has 4 rings (SSSR count). The minimum absolute atomic E-state index is 0.147. The zero-order valence-corrected chi connectivity index (χ0v) is 15.9. The second-order valence-electron chi connectivity index (χ2n) is 6.54. The molecule has 2 aromatic rings. The minimum Gasteiger partial charge on any atom is -0.496 e. The molecule has 0 spiro atoms. The first-order valence-electron chi connectivity index (χ1n) is 8.94. The second-order valence-corrected chi connectivity index (χ2v) is 7.48. The maximum Gasteiger partial charge on any atom is 0.228 e. The van der Waals surface area contributed by atoms with Crippen molar-refractivity contribution in [3.05, 3.63) is 29.6 Å². The largest absolute Gasteiger partial charge is 0.496 e. The summed E-state index contributed by atoms with van der Waals surface area (Å²) >= 11 is 1.33. The summed E-state index contributed by atoms with van der Waals surface area (Å²) in [7, 11) is 1.47. The normalized spacial score (nSPS) is 17.2. The summed E-state index contributed by atoms with van der Waals surface area (Å²) in [4.78, 5) is 14.8. The van der Waals surface area contributed by atoms with Crippen LogP contribution in [-0.4, -0.2) is 59.7 Å². The van der Waals surface area contributed by atoms with Gasteiger partial charge < -0.3 is 14.4 Å². The molecule has 0 unspecified atom stereocenters. The summed E-state index contributed by atoms with van der Waals surface area (Å²) in [5, 5.41) is 9.41. The number of nitrogens with zero attached hydrogens (tertiary/aromatic N) is 4. The van der Waals surface area contributed by atoms with Gasteiger partial charge >= 0.3 is 0 Å². The summed E-state index contributed by atoms with van der Waals surface area (Å²) in [5.41, 5.74) is 0.246. The van der Waals surface area contributed by atoms with E-state index in [2.05, 4.69) is 19.7 Å². The number of carbonyl (C=O) groups excluding carboxylic acids is 1. The maximum atomic E-state index is 13.5. The van der Waals surface area contributed by atoms with E-state index in [1.807, 2.05) is 0 Å². The standard InChI is InChI=1S/C18H21FN4O3S/c1-25-16-5-2-12(19)10-14(16)15(24)11-27-18-21-20-17(23(18)13-3-4-13)22-6-8-26-9-7-22/h2,5,10,13H,3-4,6-9,11H2,1H3. The number of ketones is 1. The number of Topliss-reactive ketones (excluding diaryl/α,β-unsaturated/α-hetero) is 1. The van der Waals surface area contributed by atoms with Gasteiger partial charge in [-0.3, -0.25) is 9.36 Å². The molecule has 1 aliphatic carbocycles. The quantitative estimate of drug-likeness (QED) is 0.530. The Balaban J connectivity index is 1.51. The Kier molecular flexibility index (Phi) is 5.31. The molecule has 0 radical (unpaired) electrons. The van der Waals surface area contributed by atoms with E-state index in [1.54, 1.807) is 0 Å². The summed E-state index contributed by atoms with van der Waals surface area (Å²) in [6.07, 6.45) is 2.18. The molecule has 9 heteroatoms. The Bertz CT molecular complexity index is 834. The lowest BCUT2D eigenvalue weighted by molar-refractivity contribution is 0.101. The lowest BCUT2D eigenvalue weighted by Gasteiger charge is -2.27. The highest BCUT2D eigenvalue weighted by molar-refractivity contribution is 7.99. The van der Waals surface area contributed by atoms with Gasteiger partial charge in [-0.05, 0) is 31.0 Å². The van der Waals surface area contributed by atoms with Crippen LogP contribution in [0.25, 0.3) is 0 Å². The molecule has 0 bridgehead atoms. The molecule has 0 atom stereocenters. The number of rotatable bonds is 7. The Morgan fingerprint density at radius 2 is 2.11 bits per heavy atom. The van der Waals surface area contributed by atoms with E-state index in [4.69, 9.17) is 9.47 Å². The van der Waals surface area contributed by atoms with Crippen molar-refractivity contribution in [1.82, 2.24) is 14.8 Å². The predicted molar refractivity (Wildman–Crippen MR) is 99.3 cm³/mol. The number of carbonyl (C=O) groups is 1. The molecule has 1 saturated heterocycles. The van der Waals surface area contributed by atoms with Crippen LogP contribution in [0.4, 0.5) is 10.3 Å². The average Bonchev–Trinajstić information content (AvgIpc) is 3.45. The van der Waals surface area contributed by atoms with Crippen LogP contribution in [0, 0.1) is 5.82 Å². The van der Waals surface area contributed by atoms with Crippen molar-refractivity contribution in [2.75, 3.05) is 44.1 Å². The molecule has 2 heterocycles. The minimum atomic E-state index is -0.458. The highest BCUT2D eigenvalue weighted by atomic mass is 32.2. The van der Waals surface area contributed by atoms with Gasteiger partial charge in [-0.1, -0.05) is 11.8 Å². The van der Waals surface area contributed by atoms with Gasteiger partial charge in [0.15, 0.2) is 10.9 Å². The molecule has 1 aromatic carbocycles. The Morgan fingerprint density at radius 1 is 1.33 bits per heavy atom. The first kappa shape index (κ1) is 18.2. The van der Waals surface area contributed by atoms with Crippen molar-refractivity contribution in [3.63, 3.8) is 0 Å². The molecular weight excluding hydrogens is 371 g/mol. The summed E-state index contributed by atoms with van der Waals surface area (Å²) < 4.78 is 26.3. The fourth-order valence-corrected chi connectivity index (χ4v) is 3.99. The number of hydrogen-bond donors (Lipinski definition) is 0. The molecule has 1 saturated carbocycles. The number of benzene rings is 1. The first-order chi connectivity index (χ1) is 13.2. The number of methoxy groups -OCH3 is 1. The van der Waals surface area contributed by atoms with E-state index >= 15 is 0 Å². The Labute approximate surface area is 160 Å². The topological polar surface area (TPSA) is 69.5 Å². The van der Waals surface area contributed by atoms with E-state index in [-0.39, 0.29) is 17.1 Å². The number of ether oxygens (including phenoxy) is 2. The molecule has 7 nitrogen and oxygen atoms in total. The van der Waals surface area contributed by atoms with Crippen molar-refractivity contribution in [2.24, 2.45) is 0 Å². The van der Waals surface area contributed by atoms with Gasteiger partial charge in [-0.25, -0.2) is 4.39 Å². The Hall–Kier alpha value is -2.13. The molecule has 1 aromatic heterocycles. The molecule has 0 amide bonds. The Morgan fingerprint density at radius 3 is 2.81 bits per heavy atom. The van der Waals surface area contributed by atoms with Gasteiger partial charge in [0.05, 0.1) is 31.6 Å². The van der Waals surface area contributed by atoms with E-state index in [9.17, 15) is 9.18 Å². The van der Waals surface area contributed by atoms with Crippen LogP contribution in [0.15, 0.2) is 23.4 Å². The predicted octanol–water partition coefficient (Wildman–Crippen LogP) is 2.57. The van der Waals surface area contributed by atoms with Gasteiger partial charge in [-0.15, -0.1) is 10.2 Å². The van der Waals surface area contributed by atoms with Gasteiger partial charge in [-0.2, -0.15) is 0 Å². The SMILES string of the molecule is COc1ccc(F)cc1C(=O)CSc1nnc(N2CCOCC2)n1C1CC1. The van der Waals surface area contributed by atoms with Gasteiger partial charge in [0.25, 0.3) is 0 Å². The maximum absolute atomic E-state index is 13.5. The van der Waals surface area contributed by atoms with Crippen molar-refractivity contribution in [3.8, 4) is 5.75 Å². The molecule has 1 aliphatic heterocycles. The molecular formula is C18H21FN4O3S. The molecule has 2 fully saturated rings. The van der Waals surface area contributed by atoms with Gasteiger partial charge in [0, 0.05) is 19.1 Å². The highest BCUT2D eigenvalue weighted by Crippen LogP contribution is 2.41. The third-order valence-corrected chi connectivity index (χ3v) is 5.59. The number of hydrogen-bond acceptors (Lipinski definition) is 7. The smallest absolute Gasteiger partial charge is 0.228 e. The van der Waals surface area contributed by atoms with E-state index in [0.717, 1.165) is 37.0 Å². The van der Waals surface area contributed by atoms with Crippen LogP contribution in [0.5, 0.6) is 5.75 Å². The second kappa shape index (κ2) is 7.85. The monoisotopic (exact) mass is 392 g/mol. The zero-order chi connectivity index (χ0) is 18.8. The number of aromatic nitrogens is 3. The number of anilines is 1. The third-order valence-electron chi connectivity index (χ3n) is 4.65.